The predicted molar refractivity (Wildman–Crippen MR) is 90.5 cm³/mol. The Kier molecular flexibility index (Phi) is 4.23. The number of alkyl halides is 3. The number of phenols is 1. The van der Waals surface area contributed by atoms with Crippen molar-refractivity contribution in [2.24, 2.45) is 0 Å². The summed E-state index contributed by atoms with van der Waals surface area (Å²) in [5.41, 5.74) is 0.795. The van der Waals surface area contributed by atoms with Gasteiger partial charge in [-0.2, -0.15) is 13.2 Å². The van der Waals surface area contributed by atoms with E-state index in [1.165, 1.54) is 6.92 Å². The molecule has 1 aromatic heterocycles. The lowest BCUT2D eigenvalue weighted by molar-refractivity contribution is -0.137. The Morgan fingerprint density at radius 2 is 1.96 bits per heavy atom. The van der Waals surface area contributed by atoms with E-state index in [1.54, 1.807) is 6.07 Å². The molecule has 6 nitrogen and oxygen atoms in total. The van der Waals surface area contributed by atoms with E-state index in [2.05, 4.69) is 10.2 Å². The summed E-state index contributed by atoms with van der Waals surface area (Å²) in [6, 6.07) is 3.24. The first-order valence-corrected chi connectivity index (χ1v) is 8.56. The summed E-state index contributed by atoms with van der Waals surface area (Å²) in [7, 11) is 0. The Hall–Kier alpha value is -2.39. The molecular weight excluding hydrogens is 363 g/mol. The van der Waals surface area contributed by atoms with Crippen molar-refractivity contribution in [3.8, 4) is 17.0 Å². The molecule has 27 heavy (non-hydrogen) atoms. The van der Waals surface area contributed by atoms with Crippen LogP contribution in [0.4, 0.5) is 19.0 Å². The second-order valence-corrected chi connectivity index (χ2v) is 6.88. The van der Waals surface area contributed by atoms with Gasteiger partial charge < -0.3 is 19.8 Å². The normalized spacial score (nSPS) is 22.3. The highest BCUT2D eigenvalue weighted by Crippen LogP contribution is 2.40. The number of halogens is 3. The molecule has 0 radical (unpaired) electrons. The molecule has 0 unspecified atom stereocenters. The van der Waals surface area contributed by atoms with Gasteiger partial charge in [0, 0.05) is 17.7 Å². The Balaban J connectivity index is 1.69. The fourth-order valence-electron chi connectivity index (χ4n) is 3.74. The van der Waals surface area contributed by atoms with Gasteiger partial charge in [-0.25, -0.2) is 0 Å². The van der Waals surface area contributed by atoms with Crippen molar-refractivity contribution >= 4 is 5.82 Å². The number of ether oxygens (including phenoxy) is 1. The van der Waals surface area contributed by atoms with Gasteiger partial charge in [0.2, 0.25) is 0 Å². The predicted octanol–water partition coefficient (Wildman–Crippen LogP) is 2.30. The van der Waals surface area contributed by atoms with E-state index in [0.29, 0.717) is 37.2 Å². The number of phenolic OH excluding ortho intramolecular Hbond substituents is 1. The SMILES string of the molecule is Cc1cc(C(F)(F)F)cc(O)c1-c1cc2c(nn1)N([C@@H]1COC[C@@H]1O)CC2. The summed E-state index contributed by atoms with van der Waals surface area (Å²) in [5.74, 6) is 0.156. The quantitative estimate of drug-likeness (QED) is 0.831. The highest BCUT2D eigenvalue weighted by Gasteiger charge is 2.37. The standard InChI is InChI=1S/C18H18F3N3O3/c1-9-4-11(18(19,20)21)6-14(25)16(9)12-5-10-2-3-24(17(10)23-22-12)13-7-27-8-15(13)26/h4-6,13,15,25-26H,2-3,7-8H2,1H3/t13-,15+/m1/s1. The van der Waals surface area contributed by atoms with Crippen LogP contribution in [0, 0.1) is 6.92 Å². The fraction of sp³-hybridized carbons (Fsp3) is 0.444. The van der Waals surface area contributed by atoms with Crippen LogP contribution >= 0.6 is 0 Å². The molecule has 2 aliphatic heterocycles. The van der Waals surface area contributed by atoms with Gasteiger partial charge in [0.15, 0.2) is 5.82 Å². The molecule has 3 heterocycles. The average Bonchev–Trinajstić information content (AvgIpc) is 3.18. The summed E-state index contributed by atoms with van der Waals surface area (Å²) in [6.07, 6.45) is -4.46. The third kappa shape index (κ3) is 3.10. The van der Waals surface area contributed by atoms with Crippen molar-refractivity contribution in [3.05, 3.63) is 34.9 Å². The molecule has 1 saturated heterocycles. The lowest BCUT2D eigenvalue weighted by Gasteiger charge is -2.26. The molecule has 0 spiro atoms. The number of nitrogens with zero attached hydrogens (tertiary/aromatic N) is 3. The first-order chi connectivity index (χ1) is 12.8. The van der Waals surface area contributed by atoms with Crippen molar-refractivity contribution in [3.63, 3.8) is 0 Å². The summed E-state index contributed by atoms with van der Waals surface area (Å²) in [4.78, 5) is 1.95. The van der Waals surface area contributed by atoms with Crippen LogP contribution in [0.3, 0.4) is 0 Å². The zero-order chi connectivity index (χ0) is 19.3. The molecule has 2 N–H and O–H groups in total. The van der Waals surface area contributed by atoms with Crippen LogP contribution in [0.25, 0.3) is 11.3 Å². The van der Waals surface area contributed by atoms with E-state index in [1.807, 2.05) is 4.90 Å². The molecule has 9 heteroatoms. The van der Waals surface area contributed by atoms with Gasteiger partial charge in [0.05, 0.1) is 36.6 Å². The maximum absolute atomic E-state index is 12.9. The van der Waals surface area contributed by atoms with Gasteiger partial charge in [0.25, 0.3) is 0 Å². The Morgan fingerprint density at radius 1 is 1.19 bits per heavy atom. The van der Waals surface area contributed by atoms with E-state index in [4.69, 9.17) is 4.74 Å². The first kappa shape index (κ1) is 18.0. The Bertz CT molecular complexity index is 865. The molecule has 0 bridgehead atoms. The van der Waals surface area contributed by atoms with E-state index in [0.717, 1.165) is 11.6 Å². The first-order valence-electron chi connectivity index (χ1n) is 8.56. The number of aromatic hydroxyl groups is 1. The second kappa shape index (κ2) is 6.35. The number of fused-ring (bicyclic) bond motifs is 1. The number of benzene rings is 1. The number of rotatable bonds is 2. The number of hydrogen-bond donors (Lipinski definition) is 2. The van der Waals surface area contributed by atoms with E-state index >= 15 is 0 Å². The lowest BCUT2D eigenvalue weighted by atomic mass is 9.99. The smallest absolute Gasteiger partial charge is 0.416 e. The zero-order valence-corrected chi connectivity index (χ0v) is 14.5. The van der Waals surface area contributed by atoms with Gasteiger partial charge in [-0.3, -0.25) is 0 Å². The maximum atomic E-state index is 12.9. The van der Waals surface area contributed by atoms with Gasteiger partial charge in [0.1, 0.15) is 5.75 Å². The van der Waals surface area contributed by atoms with Crippen LogP contribution in [0.2, 0.25) is 0 Å². The summed E-state index contributed by atoms with van der Waals surface area (Å²) in [6.45, 7) is 2.83. The van der Waals surface area contributed by atoms with Crippen molar-refractivity contribution in [2.45, 2.75) is 31.7 Å². The topological polar surface area (TPSA) is 78.7 Å². The fourth-order valence-corrected chi connectivity index (χ4v) is 3.74. The van der Waals surface area contributed by atoms with Crippen molar-refractivity contribution < 1.29 is 28.1 Å². The van der Waals surface area contributed by atoms with Crippen molar-refractivity contribution in [1.29, 1.82) is 0 Å². The minimum atomic E-state index is -4.53. The number of aromatic nitrogens is 2. The summed E-state index contributed by atoms with van der Waals surface area (Å²) >= 11 is 0. The molecule has 2 atom stereocenters. The highest BCUT2D eigenvalue weighted by molar-refractivity contribution is 5.73. The van der Waals surface area contributed by atoms with Crippen molar-refractivity contribution in [1.82, 2.24) is 10.2 Å². The molecule has 2 aliphatic rings. The van der Waals surface area contributed by atoms with Gasteiger partial charge >= 0.3 is 6.18 Å². The lowest BCUT2D eigenvalue weighted by Crippen LogP contribution is -2.42. The molecule has 0 saturated carbocycles. The largest absolute Gasteiger partial charge is 0.507 e. The summed E-state index contributed by atoms with van der Waals surface area (Å²) < 4.78 is 44.0. The minimum Gasteiger partial charge on any atom is -0.507 e. The third-order valence-electron chi connectivity index (χ3n) is 5.06. The van der Waals surface area contributed by atoms with Gasteiger partial charge in [-0.05, 0) is 37.1 Å². The van der Waals surface area contributed by atoms with Crippen molar-refractivity contribution in [2.75, 3.05) is 24.7 Å². The third-order valence-corrected chi connectivity index (χ3v) is 5.06. The average molecular weight is 381 g/mol. The van der Waals surface area contributed by atoms with Crippen LogP contribution in [0.5, 0.6) is 5.75 Å². The monoisotopic (exact) mass is 381 g/mol. The number of aliphatic hydroxyl groups excluding tert-OH is 1. The summed E-state index contributed by atoms with van der Waals surface area (Å²) in [5, 5.41) is 28.6. The van der Waals surface area contributed by atoms with Crippen LogP contribution in [-0.2, 0) is 17.3 Å². The maximum Gasteiger partial charge on any atom is 0.416 e. The molecule has 144 valence electrons. The second-order valence-electron chi connectivity index (χ2n) is 6.88. The number of anilines is 1. The number of aliphatic hydroxyl groups is 1. The highest BCUT2D eigenvalue weighted by atomic mass is 19.4. The Morgan fingerprint density at radius 3 is 2.59 bits per heavy atom. The molecule has 0 aliphatic carbocycles. The minimum absolute atomic E-state index is 0.187. The van der Waals surface area contributed by atoms with E-state index in [-0.39, 0.29) is 23.8 Å². The molecule has 2 aromatic rings. The van der Waals surface area contributed by atoms with Crippen LogP contribution < -0.4 is 4.90 Å². The molecule has 0 amide bonds. The van der Waals surface area contributed by atoms with Crippen LogP contribution in [0.15, 0.2) is 18.2 Å². The molecular formula is C18H18F3N3O3. The van der Waals surface area contributed by atoms with E-state index < -0.39 is 23.6 Å². The molecule has 1 aromatic carbocycles. The van der Waals surface area contributed by atoms with E-state index in [9.17, 15) is 23.4 Å². The van der Waals surface area contributed by atoms with Crippen LogP contribution in [0.1, 0.15) is 16.7 Å². The molecule has 4 rings (SSSR count). The number of aryl methyl sites for hydroxylation is 1. The molecule has 1 fully saturated rings. The van der Waals surface area contributed by atoms with Gasteiger partial charge in [-0.1, -0.05) is 0 Å². The number of hydrogen-bond acceptors (Lipinski definition) is 6. The zero-order valence-electron chi connectivity index (χ0n) is 14.5. The Labute approximate surface area is 153 Å². The van der Waals surface area contributed by atoms with Gasteiger partial charge in [-0.15, -0.1) is 10.2 Å². The van der Waals surface area contributed by atoms with Crippen LogP contribution in [-0.4, -0.2) is 52.3 Å².